The van der Waals surface area contributed by atoms with Crippen LogP contribution in [0.4, 0.5) is 0 Å². The monoisotopic (exact) mass is 422 g/mol. The standard InChI is InChI=1S/C26H22N4O2/c1-2-17-32-24-15-13-21(14-16-24)26(31)28-27-18-22-19-30(23-11-7-4-8-12-23)29-25(22)20-9-5-3-6-10-20/h2-16,18-19H,1,17H2,(H,28,31)/b27-18-. The molecule has 3 aromatic carbocycles. The van der Waals surface area contributed by atoms with Crippen LogP contribution in [0.2, 0.25) is 0 Å². The van der Waals surface area contributed by atoms with E-state index in [2.05, 4.69) is 17.1 Å². The highest BCUT2D eigenvalue weighted by Gasteiger charge is 2.11. The van der Waals surface area contributed by atoms with E-state index in [-0.39, 0.29) is 5.91 Å². The Hall–Kier alpha value is -4.45. The molecule has 6 heteroatoms. The summed E-state index contributed by atoms with van der Waals surface area (Å²) in [6, 6.07) is 26.5. The molecule has 0 radical (unpaired) electrons. The van der Waals surface area contributed by atoms with Gasteiger partial charge in [-0.2, -0.15) is 10.2 Å². The molecule has 32 heavy (non-hydrogen) atoms. The minimum atomic E-state index is -0.312. The zero-order valence-corrected chi connectivity index (χ0v) is 17.4. The van der Waals surface area contributed by atoms with E-state index in [0.29, 0.717) is 17.9 Å². The van der Waals surface area contributed by atoms with Crippen LogP contribution in [0.25, 0.3) is 16.9 Å². The number of carbonyl (C=O) groups is 1. The number of nitrogens with zero attached hydrogens (tertiary/aromatic N) is 3. The maximum Gasteiger partial charge on any atom is 0.271 e. The third-order valence-corrected chi connectivity index (χ3v) is 4.66. The summed E-state index contributed by atoms with van der Waals surface area (Å²) < 4.78 is 7.23. The van der Waals surface area contributed by atoms with Crippen LogP contribution in [0.3, 0.4) is 0 Å². The van der Waals surface area contributed by atoms with Crippen LogP contribution in [-0.4, -0.2) is 28.5 Å². The number of ether oxygens (including phenoxy) is 1. The van der Waals surface area contributed by atoms with Gasteiger partial charge in [0, 0.05) is 22.9 Å². The van der Waals surface area contributed by atoms with Gasteiger partial charge < -0.3 is 4.74 Å². The highest BCUT2D eigenvalue weighted by Crippen LogP contribution is 2.22. The number of hydrogen-bond acceptors (Lipinski definition) is 4. The van der Waals surface area contributed by atoms with Gasteiger partial charge in [0.25, 0.3) is 5.91 Å². The van der Waals surface area contributed by atoms with Crippen molar-refractivity contribution in [3.8, 4) is 22.7 Å². The summed E-state index contributed by atoms with van der Waals surface area (Å²) in [4.78, 5) is 12.4. The lowest BCUT2D eigenvalue weighted by Gasteiger charge is -2.04. The molecule has 4 aromatic rings. The Morgan fingerprint density at radius 1 is 1.00 bits per heavy atom. The molecule has 0 aliphatic carbocycles. The molecule has 1 amide bonds. The fourth-order valence-electron chi connectivity index (χ4n) is 3.10. The van der Waals surface area contributed by atoms with Crippen molar-refractivity contribution in [2.45, 2.75) is 0 Å². The van der Waals surface area contributed by atoms with E-state index in [9.17, 15) is 4.79 Å². The summed E-state index contributed by atoms with van der Waals surface area (Å²) in [6.45, 7) is 4.03. The van der Waals surface area contributed by atoms with Crippen LogP contribution < -0.4 is 10.2 Å². The number of para-hydroxylation sites is 1. The molecule has 6 nitrogen and oxygen atoms in total. The van der Waals surface area contributed by atoms with E-state index in [1.54, 1.807) is 41.2 Å². The normalized spacial score (nSPS) is 10.8. The largest absolute Gasteiger partial charge is 0.490 e. The zero-order valence-electron chi connectivity index (χ0n) is 17.4. The van der Waals surface area contributed by atoms with Crippen molar-refractivity contribution in [2.24, 2.45) is 5.10 Å². The number of carbonyl (C=O) groups excluding carboxylic acids is 1. The van der Waals surface area contributed by atoms with Gasteiger partial charge in [-0.15, -0.1) is 0 Å². The van der Waals surface area contributed by atoms with Crippen molar-refractivity contribution in [1.29, 1.82) is 0 Å². The van der Waals surface area contributed by atoms with Crippen LogP contribution in [0.5, 0.6) is 5.75 Å². The average molecular weight is 422 g/mol. The maximum absolute atomic E-state index is 12.4. The Morgan fingerprint density at radius 2 is 1.69 bits per heavy atom. The van der Waals surface area contributed by atoms with E-state index in [4.69, 9.17) is 9.84 Å². The number of hydrogen-bond donors (Lipinski definition) is 1. The van der Waals surface area contributed by atoms with Crippen LogP contribution in [0, 0.1) is 0 Å². The summed E-state index contributed by atoms with van der Waals surface area (Å²) in [5, 5.41) is 8.89. The van der Waals surface area contributed by atoms with Crippen molar-refractivity contribution in [3.63, 3.8) is 0 Å². The summed E-state index contributed by atoms with van der Waals surface area (Å²) in [5.74, 6) is 0.360. The van der Waals surface area contributed by atoms with Gasteiger partial charge in [0.05, 0.1) is 11.9 Å². The first-order valence-corrected chi connectivity index (χ1v) is 10.1. The Labute approximate surface area is 186 Å². The maximum atomic E-state index is 12.4. The minimum Gasteiger partial charge on any atom is -0.490 e. The number of aromatic nitrogens is 2. The lowest BCUT2D eigenvalue weighted by Crippen LogP contribution is -2.17. The molecule has 0 aliphatic heterocycles. The average Bonchev–Trinajstić information content (AvgIpc) is 3.28. The Morgan fingerprint density at radius 3 is 2.38 bits per heavy atom. The first-order chi connectivity index (χ1) is 15.7. The number of rotatable bonds is 8. The van der Waals surface area contributed by atoms with Gasteiger partial charge in [0.1, 0.15) is 18.1 Å². The van der Waals surface area contributed by atoms with Crippen molar-refractivity contribution in [3.05, 3.63) is 115 Å². The molecule has 0 saturated carbocycles. The van der Waals surface area contributed by atoms with Gasteiger partial charge in [0.2, 0.25) is 0 Å². The van der Waals surface area contributed by atoms with E-state index >= 15 is 0 Å². The Bertz CT molecular complexity index is 1210. The fourth-order valence-corrected chi connectivity index (χ4v) is 3.10. The van der Waals surface area contributed by atoms with Gasteiger partial charge in [-0.05, 0) is 36.4 Å². The minimum absolute atomic E-state index is 0.312. The van der Waals surface area contributed by atoms with Gasteiger partial charge in [-0.1, -0.05) is 61.2 Å². The van der Waals surface area contributed by atoms with Crippen LogP contribution in [0.1, 0.15) is 15.9 Å². The fraction of sp³-hybridized carbons (Fsp3) is 0.0385. The quantitative estimate of drug-likeness (QED) is 0.250. The molecular weight excluding hydrogens is 400 g/mol. The summed E-state index contributed by atoms with van der Waals surface area (Å²) in [7, 11) is 0. The number of nitrogens with one attached hydrogen (secondary N) is 1. The highest BCUT2D eigenvalue weighted by molar-refractivity contribution is 5.95. The van der Waals surface area contributed by atoms with Crippen LogP contribution in [-0.2, 0) is 0 Å². The van der Waals surface area contributed by atoms with Gasteiger partial charge in [-0.3, -0.25) is 4.79 Å². The second-order valence-corrected chi connectivity index (χ2v) is 6.90. The third-order valence-electron chi connectivity index (χ3n) is 4.66. The van der Waals surface area contributed by atoms with Gasteiger partial charge in [-0.25, -0.2) is 10.1 Å². The molecule has 0 atom stereocenters. The smallest absolute Gasteiger partial charge is 0.271 e. The molecular formula is C26H22N4O2. The summed E-state index contributed by atoms with van der Waals surface area (Å²) >= 11 is 0. The third kappa shape index (κ3) is 4.99. The number of amides is 1. The molecule has 0 bridgehead atoms. The second kappa shape index (κ2) is 10.0. The lowest BCUT2D eigenvalue weighted by atomic mass is 10.1. The van der Waals surface area contributed by atoms with E-state index in [1.165, 1.54) is 0 Å². The highest BCUT2D eigenvalue weighted by atomic mass is 16.5. The second-order valence-electron chi connectivity index (χ2n) is 6.90. The predicted octanol–water partition coefficient (Wildman–Crippen LogP) is 4.87. The number of hydrazone groups is 1. The van der Waals surface area contributed by atoms with Crippen LogP contribution in [0.15, 0.2) is 109 Å². The number of benzene rings is 3. The topological polar surface area (TPSA) is 68.5 Å². The molecule has 0 spiro atoms. The molecule has 0 saturated heterocycles. The molecule has 0 fully saturated rings. The molecule has 4 rings (SSSR count). The van der Waals surface area contributed by atoms with E-state index < -0.39 is 0 Å². The predicted molar refractivity (Wildman–Crippen MR) is 126 cm³/mol. The first kappa shape index (κ1) is 20.8. The van der Waals surface area contributed by atoms with Crippen molar-refractivity contribution in [2.75, 3.05) is 6.61 Å². The van der Waals surface area contributed by atoms with Crippen LogP contribution >= 0.6 is 0 Å². The summed E-state index contributed by atoms with van der Waals surface area (Å²) in [5.41, 5.74) is 6.52. The van der Waals surface area contributed by atoms with E-state index in [1.807, 2.05) is 66.9 Å². The molecule has 1 aromatic heterocycles. The molecule has 158 valence electrons. The Kier molecular flexibility index (Phi) is 6.53. The molecule has 1 N–H and O–H groups in total. The molecule has 0 aliphatic rings. The molecule has 0 unspecified atom stereocenters. The lowest BCUT2D eigenvalue weighted by molar-refractivity contribution is 0.0955. The van der Waals surface area contributed by atoms with Crippen molar-refractivity contribution < 1.29 is 9.53 Å². The Balaban J connectivity index is 1.53. The van der Waals surface area contributed by atoms with Gasteiger partial charge in [0.15, 0.2) is 0 Å². The van der Waals surface area contributed by atoms with Crippen molar-refractivity contribution >= 4 is 12.1 Å². The van der Waals surface area contributed by atoms with E-state index in [0.717, 1.165) is 22.5 Å². The zero-order chi connectivity index (χ0) is 22.2. The summed E-state index contributed by atoms with van der Waals surface area (Å²) in [6.07, 6.45) is 5.16. The van der Waals surface area contributed by atoms with Crippen molar-refractivity contribution in [1.82, 2.24) is 15.2 Å². The SMILES string of the molecule is C=CCOc1ccc(C(=O)N/N=C\c2cn(-c3ccccc3)nc2-c2ccccc2)cc1. The first-order valence-electron chi connectivity index (χ1n) is 10.1. The molecule has 1 heterocycles. The van der Waals surface area contributed by atoms with Gasteiger partial charge >= 0.3 is 0 Å².